The number of amides is 1. The molecule has 2 rings (SSSR count). The molecule has 0 aliphatic carbocycles. The Labute approximate surface area is 136 Å². The van der Waals surface area contributed by atoms with Crippen LogP contribution in [-0.2, 0) is 23.1 Å². The zero-order valence-corrected chi connectivity index (χ0v) is 14.3. The van der Waals surface area contributed by atoms with Crippen LogP contribution in [0.4, 0.5) is 0 Å². The summed E-state index contributed by atoms with van der Waals surface area (Å²) in [6.07, 6.45) is 4.07. The summed E-state index contributed by atoms with van der Waals surface area (Å²) in [6.45, 7) is 8.08. The molecule has 0 aromatic carbocycles. The highest BCUT2D eigenvalue weighted by atomic mass is 16.5. The first-order valence-electron chi connectivity index (χ1n) is 7.99. The van der Waals surface area contributed by atoms with Crippen molar-refractivity contribution >= 4 is 5.91 Å². The van der Waals surface area contributed by atoms with Gasteiger partial charge in [0.15, 0.2) is 5.82 Å². The van der Waals surface area contributed by atoms with Crippen LogP contribution in [0.5, 0.6) is 0 Å². The van der Waals surface area contributed by atoms with Crippen LogP contribution in [0.2, 0.25) is 0 Å². The number of rotatable bonds is 7. The number of nitrogens with one attached hydrogen (secondary N) is 1. The third-order valence-electron chi connectivity index (χ3n) is 3.43. The third kappa shape index (κ3) is 5.54. The normalized spacial score (nSPS) is 13.0. The molecule has 0 saturated heterocycles. The first-order valence-corrected chi connectivity index (χ1v) is 7.99. The average molecular weight is 319 g/mol. The summed E-state index contributed by atoms with van der Waals surface area (Å²) >= 11 is 0. The van der Waals surface area contributed by atoms with Crippen molar-refractivity contribution in [3.05, 3.63) is 35.9 Å². The van der Waals surface area contributed by atoms with Crippen molar-refractivity contribution in [3.8, 4) is 0 Å². The van der Waals surface area contributed by atoms with E-state index < -0.39 is 0 Å². The monoisotopic (exact) mass is 319 g/mol. The molecular formula is C17H25N3O3. The highest BCUT2D eigenvalue weighted by molar-refractivity contribution is 5.76. The quantitative estimate of drug-likeness (QED) is 0.848. The summed E-state index contributed by atoms with van der Waals surface area (Å²) in [7, 11) is 0. The molecule has 23 heavy (non-hydrogen) atoms. The van der Waals surface area contributed by atoms with Gasteiger partial charge >= 0.3 is 0 Å². The van der Waals surface area contributed by atoms with Crippen molar-refractivity contribution in [3.63, 3.8) is 0 Å². The summed E-state index contributed by atoms with van der Waals surface area (Å²) in [5.74, 6) is 2.19. The average Bonchev–Trinajstić information content (AvgIpc) is 3.09. The van der Waals surface area contributed by atoms with Gasteiger partial charge in [-0.05, 0) is 25.5 Å². The highest BCUT2D eigenvalue weighted by Gasteiger charge is 2.20. The Kier molecular flexibility index (Phi) is 5.58. The van der Waals surface area contributed by atoms with E-state index in [1.165, 1.54) is 0 Å². The number of furan rings is 1. The predicted octanol–water partition coefficient (Wildman–Crippen LogP) is 3.03. The summed E-state index contributed by atoms with van der Waals surface area (Å²) < 4.78 is 10.5. The fourth-order valence-corrected chi connectivity index (χ4v) is 2.19. The van der Waals surface area contributed by atoms with Gasteiger partial charge in [0.2, 0.25) is 11.8 Å². The molecular weight excluding hydrogens is 294 g/mol. The van der Waals surface area contributed by atoms with E-state index >= 15 is 0 Å². The summed E-state index contributed by atoms with van der Waals surface area (Å²) in [5, 5.41) is 6.95. The Morgan fingerprint density at radius 1 is 1.39 bits per heavy atom. The Hall–Kier alpha value is -2.11. The van der Waals surface area contributed by atoms with Crippen LogP contribution >= 0.6 is 0 Å². The molecule has 6 heteroatoms. The van der Waals surface area contributed by atoms with Crippen LogP contribution in [0.3, 0.4) is 0 Å². The van der Waals surface area contributed by atoms with Crippen LogP contribution in [0.15, 0.2) is 27.3 Å². The standard InChI is InChI=1S/C17H25N3O3/c1-12(11-13-7-6-10-22-13)18-14(21)8-5-9-15-19-16(20-23-15)17(2,3)4/h6-7,10,12H,5,8-9,11H2,1-4H3,(H,18,21)/t12-/m0/s1. The molecule has 0 spiro atoms. The molecule has 0 aliphatic rings. The second kappa shape index (κ2) is 7.44. The second-order valence-corrected chi connectivity index (χ2v) is 6.87. The maximum absolute atomic E-state index is 11.9. The van der Waals surface area contributed by atoms with E-state index in [0.29, 0.717) is 37.4 Å². The van der Waals surface area contributed by atoms with Gasteiger partial charge in [0.25, 0.3) is 0 Å². The van der Waals surface area contributed by atoms with Crippen LogP contribution in [0, 0.1) is 0 Å². The molecule has 2 aromatic heterocycles. The van der Waals surface area contributed by atoms with E-state index in [1.807, 2.05) is 39.8 Å². The first kappa shape index (κ1) is 17.2. The van der Waals surface area contributed by atoms with Gasteiger partial charge in [-0.1, -0.05) is 25.9 Å². The second-order valence-electron chi connectivity index (χ2n) is 6.87. The van der Waals surface area contributed by atoms with Crippen molar-refractivity contribution in [1.82, 2.24) is 15.5 Å². The molecule has 1 amide bonds. The fraction of sp³-hybridized carbons (Fsp3) is 0.588. The zero-order valence-electron chi connectivity index (χ0n) is 14.3. The Morgan fingerprint density at radius 3 is 2.78 bits per heavy atom. The molecule has 126 valence electrons. The van der Waals surface area contributed by atoms with E-state index in [9.17, 15) is 4.79 Å². The van der Waals surface area contributed by atoms with Crippen molar-refractivity contribution in [2.75, 3.05) is 0 Å². The maximum Gasteiger partial charge on any atom is 0.226 e. The fourth-order valence-electron chi connectivity index (χ4n) is 2.19. The van der Waals surface area contributed by atoms with Gasteiger partial charge in [-0.2, -0.15) is 4.98 Å². The number of aromatic nitrogens is 2. The number of carbonyl (C=O) groups excluding carboxylic acids is 1. The summed E-state index contributed by atoms with van der Waals surface area (Å²) in [6, 6.07) is 3.80. The van der Waals surface area contributed by atoms with Crippen molar-refractivity contribution in [2.24, 2.45) is 0 Å². The highest BCUT2D eigenvalue weighted by Crippen LogP contribution is 2.18. The molecule has 0 saturated carbocycles. The Balaban J connectivity index is 1.69. The van der Waals surface area contributed by atoms with Gasteiger partial charge in [-0.3, -0.25) is 4.79 Å². The van der Waals surface area contributed by atoms with E-state index in [4.69, 9.17) is 8.94 Å². The summed E-state index contributed by atoms with van der Waals surface area (Å²) in [5.41, 5.74) is -0.125. The molecule has 2 aromatic rings. The molecule has 0 unspecified atom stereocenters. The van der Waals surface area contributed by atoms with E-state index in [2.05, 4.69) is 15.5 Å². The van der Waals surface area contributed by atoms with E-state index in [0.717, 1.165) is 5.76 Å². The van der Waals surface area contributed by atoms with Crippen molar-refractivity contribution < 1.29 is 13.7 Å². The molecule has 1 atom stereocenters. The number of hydrogen-bond donors (Lipinski definition) is 1. The smallest absolute Gasteiger partial charge is 0.226 e. The summed E-state index contributed by atoms with van der Waals surface area (Å²) in [4.78, 5) is 16.3. The number of hydrogen-bond acceptors (Lipinski definition) is 5. The Bertz CT molecular complexity index is 611. The molecule has 2 heterocycles. The van der Waals surface area contributed by atoms with E-state index in [1.54, 1.807) is 6.26 Å². The number of nitrogens with zero attached hydrogens (tertiary/aromatic N) is 2. The Morgan fingerprint density at radius 2 is 2.17 bits per heavy atom. The van der Waals surface area contributed by atoms with Crippen molar-refractivity contribution in [2.45, 2.75) is 64.8 Å². The third-order valence-corrected chi connectivity index (χ3v) is 3.43. The maximum atomic E-state index is 11.9. The molecule has 0 radical (unpaired) electrons. The largest absolute Gasteiger partial charge is 0.469 e. The van der Waals surface area contributed by atoms with Gasteiger partial charge in [0.05, 0.1) is 6.26 Å². The lowest BCUT2D eigenvalue weighted by atomic mass is 9.96. The molecule has 0 aliphatic heterocycles. The van der Waals surface area contributed by atoms with Crippen LogP contribution in [0.1, 0.15) is 58.0 Å². The molecule has 1 N–H and O–H groups in total. The SMILES string of the molecule is C[C@@H](Cc1ccco1)NC(=O)CCCc1nc(C(C)(C)C)no1. The van der Waals surface area contributed by atoms with Gasteiger partial charge in [0.1, 0.15) is 5.76 Å². The lowest BCUT2D eigenvalue weighted by Gasteiger charge is -2.12. The molecule has 0 fully saturated rings. The van der Waals surface area contributed by atoms with Crippen LogP contribution in [-0.4, -0.2) is 22.1 Å². The van der Waals surface area contributed by atoms with Crippen LogP contribution in [0.25, 0.3) is 0 Å². The van der Waals surface area contributed by atoms with Crippen molar-refractivity contribution in [1.29, 1.82) is 0 Å². The first-order chi connectivity index (χ1) is 10.8. The van der Waals surface area contributed by atoms with Gasteiger partial charge in [0, 0.05) is 30.7 Å². The minimum Gasteiger partial charge on any atom is -0.469 e. The van der Waals surface area contributed by atoms with Gasteiger partial charge < -0.3 is 14.3 Å². The lowest BCUT2D eigenvalue weighted by Crippen LogP contribution is -2.33. The van der Waals surface area contributed by atoms with Gasteiger partial charge in [-0.15, -0.1) is 0 Å². The molecule has 0 bridgehead atoms. The van der Waals surface area contributed by atoms with Crippen LogP contribution < -0.4 is 5.32 Å². The lowest BCUT2D eigenvalue weighted by molar-refractivity contribution is -0.121. The topological polar surface area (TPSA) is 81.2 Å². The minimum atomic E-state index is -0.125. The predicted molar refractivity (Wildman–Crippen MR) is 86.0 cm³/mol. The molecule has 6 nitrogen and oxygen atoms in total. The van der Waals surface area contributed by atoms with Gasteiger partial charge in [-0.25, -0.2) is 0 Å². The number of carbonyl (C=O) groups is 1. The minimum absolute atomic E-state index is 0.0274. The number of aryl methyl sites for hydroxylation is 1. The zero-order chi connectivity index (χ0) is 16.9. The van der Waals surface area contributed by atoms with E-state index in [-0.39, 0.29) is 17.4 Å².